The summed E-state index contributed by atoms with van der Waals surface area (Å²) < 4.78 is 19.4. The second-order valence-electron chi connectivity index (χ2n) is 8.18. The van der Waals surface area contributed by atoms with Gasteiger partial charge >= 0.3 is 0 Å². The summed E-state index contributed by atoms with van der Waals surface area (Å²) in [4.78, 5) is 7.84. The Morgan fingerprint density at radius 1 is 1.16 bits per heavy atom. The number of hydrogen-bond donors (Lipinski definition) is 2. The van der Waals surface area contributed by atoms with Crippen LogP contribution in [0.2, 0.25) is 0 Å². The molecule has 7 heteroatoms. The van der Waals surface area contributed by atoms with E-state index in [1.807, 2.05) is 43.1 Å². The van der Waals surface area contributed by atoms with E-state index in [1.54, 1.807) is 12.1 Å². The average molecular weight is 444 g/mol. The van der Waals surface area contributed by atoms with Crippen LogP contribution in [0.25, 0.3) is 10.9 Å². The number of aromatic amines is 1. The maximum atomic E-state index is 13.4. The summed E-state index contributed by atoms with van der Waals surface area (Å²) in [6, 6.07) is 14.8. The van der Waals surface area contributed by atoms with Crippen LogP contribution in [0.3, 0.4) is 0 Å². The summed E-state index contributed by atoms with van der Waals surface area (Å²) in [6.07, 6.45) is -0.499. The smallest absolute Gasteiger partial charge is 0.123 e. The summed E-state index contributed by atoms with van der Waals surface area (Å²) in [5.74, 6) is 2.85. The summed E-state index contributed by atoms with van der Waals surface area (Å²) in [5.41, 5.74) is 3.06. The van der Waals surface area contributed by atoms with Gasteiger partial charge in [0.15, 0.2) is 0 Å². The predicted molar refractivity (Wildman–Crippen MR) is 125 cm³/mol. The summed E-state index contributed by atoms with van der Waals surface area (Å²) in [7, 11) is 2.05. The van der Waals surface area contributed by atoms with Crippen molar-refractivity contribution in [3.63, 3.8) is 0 Å². The van der Waals surface area contributed by atoms with Crippen LogP contribution in [0.15, 0.2) is 48.5 Å². The Hall–Kier alpha value is -2.06. The molecular weight excluding hydrogens is 413 g/mol. The molecule has 5 nitrogen and oxygen atoms in total. The maximum Gasteiger partial charge on any atom is 0.123 e. The molecule has 0 aliphatic carbocycles. The highest BCUT2D eigenvalue weighted by molar-refractivity contribution is 7.99. The highest BCUT2D eigenvalue weighted by Crippen LogP contribution is 2.22. The maximum absolute atomic E-state index is 13.4. The molecule has 1 aliphatic rings. The number of thioether (sulfide) groups is 1. The third-order valence-electron chi connectivity index (χ3n) is 5.50. The number of ether oxygens (including phenoxy) is 1. The molecule has 1 atom stereocenters. The molecule has 0 bridgehead atoms. The van der Waals surface area contributed by atoms with E-state index in [2.05, 4.69) is 20.9 Å². The van der Waals surface area contributed by atoms with Crippen molar-refractivity contribution in [3.05, 3.63) is 65.6 Å². The molecule has 0 amide bonds. The van der Waals surface area contributed by atoms with Gasteiger partial charge in [-0.25, -0.2) is 4.39 Å². The highest BCUT2D eigenvalue weighted by atomic mass is 32.2. The largest absolute Gasteiger partial charge is 0.491 e. The first kappa shape index (κ1) is 22.1. The first-order chi connectivity index (χ1) is 15.1. The number of H-pyrrole nitrogens is 1. The van der Waals surface area contributed by atoms with Crippen LogP contribution in [0.5, 0.6) is 5.75 Å². The zero-order chi connectivity index (χ0) is 21.6. The number of aliphatic hydroxyl groups excluding tert-OH is 1. The van der Waals surface area contributed by atoms with Crippen molar-refractivity contribution in [2.24, 2.45) is 0 Å². The van der Waals surface area contributed by atoms with Crippen LogP contribution >= 0.6 is 11.8 Å². The second-order valence-corrected chi connectivity index (χ2v) is 9.41. The van der Waals surface area contributed by atoms with Gasteiger partial charge in [-0.3, -0.25) is 9.80 Å². The molecule has 2 aromatic carbocycles. The fraction of sp³-hybridized carbons (Fsp3) is 0.417. The number of nitrogens with one attached hydrogen (secondary N) is 1. The van der Waals surface area contributed by atoms with E-state index in [9.17, 15) is 9.50 Å². The SMILES string of the molecule is CN(Cc1cc2cc(F)ccc2[nH]1)Cc1ccccc1OC[C@H](O)CN1CCSCC1. The van der Waals surface area contributed by atoms with Crippen molar-refractivity contribution >= 4 is 22.7 Å². The first-order valence-electron chi connectivity index (χ1n) is 10.7. The molecule has 0 unspecified atom stereocenters. The van der Waals surface area contributed by atoms with E-state index in [1.165, 1.54) is 6.07 Å². The lowest BCUT2D eigenvalue weighted by atomic mass is 10.2. The fourth-order valence-corrected chi connectivity index (χ4v) is 4.96. The minimum Gasteiger partial charge on any atom is -0.491 e. The molecule has 3 aromatic rings. The number of benzene rings is 2. The number of rotatable bonds is 9. The van der Waals surface area contributed by atoms with E-state index < -0.39 is 6.10 Å². The van der Waals surface area contributed by atoms with Gasteiger partial charge in [0.25, 0.3) is 0 Å². The van der Waals surface area contributed by atoms with Gasteiger partial charge in [0, 0.05) is 66.4 Å². The third-order valence-corrected chi connectivity index (χ3v) is 6.44. The van der Waals surface area contributed by atoms with Gasteiger partial charge in [-0.2, -0.15) is 11.8 Å². The van der Waals surface area contributed by atoms with Crippen molar-refractivity contribution < 1.29 is 14.2 Å². The second kappa shape index (κ2) is 10.5. The van der Waals surface area contributed by atoms with Crippen molar-refractivity contribution in [3.8, 4) is 5.75 Å². The van der Waals surface area contributed by atoms with Crippen molar-refractivity contribution in [2.45, 2.75) is 19.2 Å². The molecule has 0 radical (unpaired) electrons. The zero-order valence-electron chi connectivity index (χ0n) is 17.9. The monoisotopic (exact) mass is 443 g/mol. The molecule has 2 N–H and O–H groups in total. The molecule has 31 heavy (non-hydrogen) atoms. The number of nitrogens with zero attached hydrogens (tertiary/aromatic N) is 2. The van der Waals surface area contributed by atoms with Gasteiger partial charge in [0.1, 0.15) is 24.3 Å². The summed E-state index contributed by atoms with van der Waals surface area (Å²) in [5, 5.41) is 11.3. The first-order valence-corrected chi connectivity index (χ1v) is 11.9. The lowest BCUT2D eigenvalue weighted by Gasteiger charge is -2.28. The van der Waals surface area contributed by atoms with Crippen molar-refractivity contribution in [2.75, 3.05) is 44.8 Å². The van der Waals surface area contributed by atoms with Gasteiger partial charge in [-0.05, 0) is 37.4 Å². The quantitative estimate of drug-likeness (QED) is 0.528. The Labute approximate surface area is 187 Å². The van der Waals surface area contributed by atoms with Crippen molar-refractivity contribution in [1.82, 2.24) is 14.8 Å². The minimum atomic E-state index is -0.499. The van der Waals surface area contributed by atoms with Crippen LogP contribution in [0, 0.1) is 5.82 Å². The van der Waals surface area contributed by atoms with Gasteiger partial charge in [-0.1, -0.05) is 18.2 Å². The molecule has 1 fully saturated rings. The molecular formula is C24H30FN3O2S. The van der Waals surface area contributed by atoms with Gasteiger partial charge in [-0.15, -0.1) is 0 Å². The molecule has 0 spiro atoms. The predicted octanol–water partition coefficient (Wildman–Crippen LogP) is 3.73. The lowest BCUT2D eigenvalue weighted by molar-refractivity contribution is 0.0709. The highest BCUT2D eigenvalue weighted by Gasteiger charge is 2.16. The van der Waals surface area contributed by atoms with E-state index in [0.29, 0.717) is 19.6 Å². The number of fused-ring (bicyclic) bond motifs is 1. The van der Waals surface area contributed by atoms with Crippen LogP contribution in [-0.2, 0) is 13.1 Å². The van der Waals surface area contributed by atoms with Crippen LogP contribution in [0.4, 0.5) is 4.39 Å². The molecule has 0 saturated carbocycles. The minimum absolute atomic E-state index is 0.223. The standard InChI is InChI=1S/C24H30FN3O2S/c1-27(15-21-13-19-12-20(25)6-7-23(19)26-21)14-18-4-2-3-5-24(18)30-17-22(29)16-28-8-10-31-11-9-28/h2-7,12-13,22,26,29H,8-11,14-17H2,1H3/t22-/m1/s1. The topological polar surface area (TPSA) is 51.7 Å². The normalized spacial score (nSPS) is 16.1. The molecule has 1 saturated heterocycles. The number of β-amino-alcohol motifs (C(OH)–C–C–N with tert-alkyl or cyclic N) is 1. The van der Waals surface area contributed by atoms with E-state index in [0.717, 1.165) is 52.5 Å². The molecule has 1 aliphatic heterocycles. The number of aromatic nitrogens is 1. The fourth-order valence-electron chi connectivity index (χ4n) is 3.98. The molecule has 1 aromatic heterocycles. The third kappa shape index (κ3) is 6.23. The van der Waals surface area contributed by atoms with Gasteiger partial charge in [0.2, 0.25) is 0 Å². The molecule has 166 valence electrons. The lowest BCUT2D eigenvalue weighted by Crippen LogP contribution is -2.40. The van der Waals surface area contributed by atoms with Gasteiger partial charge < -0.3 is 14.8 Å². The zero-order valence-corrected chi connectivity index (χ0v) is 18.7. The Morgan fingerprint density at radius 3 is 2.81 bits per heavy atom. The average Bonchev–Trinajstić information content (AvgIpc) is 3.15. The van der Waals surface area contributed by atoms with Crippen molar-refractivity contribution in [1.29, 1.82) is 0 Å². The summed E-state index contributed by atoms with van der Waals surface area (Å²) >= 11 is 1.97. The molecule has 2 heterocycles. The number of hydrogen-bond acceptors (Lipinski definition) is 5. The summed E-state index contributed by atoms with van der Waals surface area (Å²) in [6.45, 7) is 4.42. The Kier molecular flexibility index (Phi) is 7.50. The van der Waals surface area contributed by atoms with Gasteiger partial charge in [0.05, 0.1) is 0 Å². The Morgan fingerprint density at radius 2 is 1.97 bits per heavy atom. The van der Waals surface area contributed by atoms with Crippen LogP contribution < -0.4 is 4.74 Å². The number of aliphatic hydroxyl groups is 1. The molecule has 4 rings (SSSR count). The Balaban J connectivity index is 1.32. The van der Waals surface area contributed by atoms with E-state index in [-0.39, 0.29) is 12.4 Å². The van der Waals surface area contributed by atoms with E-state index >= 15 is 0 Å². The van der Waals surface area contributed by atoms with Crippen LogP contribution in [-0.4, -0.2) is 70.8 Å². The van der Waals surface area contributed by atoms with E-state index in [4.69, 9.17) is 4.74 Å². The number of halogens is 1. The van der Waals surface area contributed by atoms with Crippen LogP contribution in [0.1, 0.15) is 11.3 Å². The Bertz CT molecular complexity index is 990. The number of para-hydroxylation sites is 1.